The Morgan fingerprint density at radius 1 is 0.464 bits per heavy atom. The van der Waals surface area contributed by atoms with Crippen molar-refractivity contribution in [3.63, 3.8) is 0 Å². The summed E-state index contributed by atoms with van der Waals surface area (Å²) in [6.07, 6.45) is 8.85. The van der Waals surface area contributed by atoms with Crippen LogP contribution in [0, 0.1) is 22.7 Å². The van der Waals surface area contributed by atoms with Gasteiger partial charge in [-0.05, 0) is 85.6 Å². The third kappa shape index (κ3) is 12.8. The molecule has 1 saturated carbocycles. The summed E-state index contributed by atoms with van der Waals surface area (Å²) in [7, 11) is -2.39. The quantitative estimate of drug-likeness (QED) is 0.0787. The fourth-order valence-electron chi connectivity index (χ4n) is 6.84. The molecule has 0 aromatic heterocycles. The first-order valence-electron chi connectivity index (χ1n) is 18.5. The van der Waals surface area contributed by atoms with E-state index in [4.69, 9.17) is 20.5 Å². The van der Waals surface area contributed by atoms with Gasteiger partial charge in [0.25, 0.3) is 0 Å². The van der Waals surface area contributed by atoms with Crippen LogP contribution in [0.5, 0.6) is 0 Å². The molecule has 0 amide bonds. The van der Waals surface area contributed by atoms with Gasteiger partial charge in [0.05, 0.1) is 40.1 Å². The van der Waals surface area contributed by atoms with Crippen LogP contribution in [0.15, 0.2) is 180 Å². The topological polar surface area (TPSA) is 72.3 Å². The first-order chi connectivity index (χ1) is 26.7. The van der Waals surface area contributed by atoms with E-state index < -0.39 is 15.8 Å². The van der Waals surface area contributed by atoms with Crippen LogP contribution in [0.3, 0.4) is 0 Å². The number of rotatable bonds is 10. The number of hydrogen-bond donors (Lipinski definition) is 0. The molecule has 2 unspecified atom stereocenters. The third-order valence-corrected chi connectivity index (χ3v) is 14.8. The van der Waals surface area contributed by atoms with Crippen LogP contribution < -0.4 is 31.8 Å². The molecule has 0 saturated heterocycles. The minimum atomic E-state index is -1.19. The molecule has 0 radical (unpaired) electrons. The van der Waals surface area contributed by atoms with Gasteiger partial charge in [0.2, 0.25) is 0 Å². The van der Waals surface area contributed by atoms with E-state index in [1.54, 1.807) is 12.1 Å². The minimum Gasteiger partial charge on any atom is -0.287 e. The van der Waals surface area contributed by atoms with E-state index in [9.17, 15) is 0 Å². The Balaban J connectivity index is 0.000000990. The van der Waals surface area contributed by atoms with Crippen molar-refractivity contribution in [1.29, 1.82) is 10.5 Å². The van der Waals surface area contributed by atoms with Crippen LogP contribution in [-0.2, 0) is 17.1 Å². The molecule has 0 N–H and O–H groups in total. The van der Waals surface area contributed by atoms with E-state index in [-0.39, 0.29) is 36.6 Å². The van der Waals surface area contributed by atoms with Crippen LogP contribution in [0.1, 0.15) is 58.1 Å². The Bertz CT molecular complexity index is 1910. The van der Waals surface area contributed by atoms with Crippen LogP contribution >= 0.6 is 15.8 Å². The zero-order valence-electron chi connectivity index (χ0n) is 31.4. The molecule has 0 heterocycles. The van der Waals surface area contributed by atoms with E-state index in [0.717, 1.165) is 12.8 Å². The van der Waals surface area contributed by atoms with Crippen molar-refractivity contribution in [2.45, 2.75) is 59.0 Å². The van der Waals surface area contributed by atoms with Crippen LogP contribution in [-0.4, -0.2) is 24.5 Å². The van der Waals surface area contributed by atoms with Crippen molar-refractivity contribution in [1.82, 2.24) is 0 Å². The summed E-state index contributed by atoms with van der Waals surface area (Å²) in [6, 6.07) is 65.5. The minimum absolute atomic E-state index is 0. The predicted octanol–water partition coefficient (Wildman–Crippen LogP) is 9.21. The van der Waals surface area contributed by atoms with E-state index in [2.05, 4.69) is 182 Å². The maximum atomic E-state index is 7.32. The Kier molecular flexibility index (Phi) is 20.5. The maximum Gasteiger partial charge on any atom is 0.111 e. The SMILES string of the molecule is C.C(=NC1CCCCC1N=Cc1ccccc1[PH+](c1ccccc1)c1ccccc1)c1ccccc1[PH+](c1ccccc1)c1ccccc1.CC#N.CC#N.[Fe]. The molecular weight excluding hydrogens is 762 g/mol. The molecule has 1 aliphatic rings. The zero-order valence-corrected chi connectivity index (χ0v) is 34.6. The molecule has 6 aromatic rings. The molecule has 7 rings (SSSR count). The standard InChI is InChI=1S/C44H40N2P2.2C2H3N.CH4.Fe/c1-5-21-37(22-6-1)47(38-23-7-2-8-24-38)43-31-17-13-19-35(43)33-45-41-29-15-16-30-42(41)46-34-36-20-14-18-32-44(36)48(39-25-9-3-10-26-39)40-27-11-4-12-28-40;2*1-2-3;;/h1-14,17-28,31-34,41-42H,15-16,29-30H2;2*1H3;1H4;/p+2. The van der Waals surface area contributed by atoms with E-state index in [1.807, 2.05) is 0 Å². The Hall–Kier alpha value is -4.98. The molecule has 56 heavy (non-hydrogen) atoms. The average molecular weight is 815 g/mol. The summed E-state index contributed by atoms with van der Waals surface area (Å²) in [6.45, 7) is 2.86. The molecule has 0 bridgehead atoms. The molecule has 284 valence electrons. The van der Waals surface area contributed by atoms with Gasteiger partial charge in [-0.15, -0.1) is 0 Å². The number of aliphatic imine (C=N–C) groups is 2. The first kappa shape index (κ1) is 45.4. The first-order valence-corrected chi connectivity index (χ1v) is 21.5. The van der Waals surface area contributed by atoms with Gasteiger partial charge >= 0.3 is 0 Å². The van der Waals surface area contributed by atoms with E-state index in [0.29, 0.717) is 0 Å². The van der Waals surface area contributed by atoms with Crippen molar-refractivity contribution in [3.05, 3.63) is 181 Å². The third-order valence-electron chi connectivity index (χ3n) is 9.21. The van der Waals surface area contributed by atoms with Crippen molar-refractivity contribution >= 4 is 60.1 Å². The van der Waals surface area contributed by atoms with Gasteiger partial charge in [-0.1, -0.05) is 117 Å². The second-order valence-corrected chi connectivity index (χ2v) is 17.7. The average Bonchev–Trinajstić information content (AvgIpc) is 3.23. The van der Waals surface area contributed by atoms with Gasteiger partial charge in [-0.2, -0.15) is 10.5 Å². The Labute approximate surface area is 348 Å². The van der Waals surface area contributed by atoms with Crippen LogP contribution in [0.4, 0.5) is 0 Å². The second-order valence-electron chi connectivity index (χ2n) is 12.8. The number of benzene rings is 6. The van der Waals surface area contributed by atoms with Crippen molar-refractivity contribution in [2.24, 2.45) is 9.98 Å². The fourth-order valence-corrected chi connectivity index (χ4v) is 12.3. The van der Waals surface area contributed by atoms with Crippen LogP contribution in [0.25, 0.3) is 0 Å². The summed E-state index contributed by atoms with van der Waals surface area (Å²) in [5, 5.41) is 23.0. The van der Waals surface area contributed by atoms with Gasteiger partial charge < -0.3 is 0 Å². The number of hydrogen-bond acceptors (Lipinski definition) is 4. The van der Waals surface area contributed by atoms with Gasteiger partial charge in [-0.25, -0.2) is 0 Å². The summed E-state index contributed by atoms with van der Waals surface area (Å²) < 4.78 is 0. The molecule has 0 aliphatic heterocycles. The van der Waals surface area contributed by atoms with Gasteiger partial charge in [0.1, 0.15) is 31.8 Å². The molecule has 6 aromatic carbocycles. The smallest absolute Gasteiger partial charge is 0.111 e. The summed E-state index contributed by atoms with van der Waals surface area (Å²) in [4.78, 5) is 10.6. The number of nitriles is 2. The Morgan fingerprint density at radius 2 is 0.714 bits per heavy atom. The molecule has 0 spiro atoms. The molecule has 2 atom stereocenters. The van der Waals surface area contributed by atoms with Gasteiger partial charge in [0, 0.05) is 54.5 Å². The van der Waals surface area contributed by atoms with Gasteiger partial charge in [0.15, 0.2) is 0 Å². The summed E-state index contributed by atoms with van der Waals surface area (Å²) in [5.41, 5.74) is 2.44. The monoisotopic (exact) mass is 814 g/mol. The molecular formula is C49H52FeN4P2+2. The normalized spacial score (nSPS) is 14.5. The maximum absolute atomic E-state index is 7.32. The fraction of sp³-hybridized carbons (Fsp3) is 0.184. The summed E-state index contributed by atoms with van der Waals surface area (Å²) >= 11 is 0. The van der Waals surface area contributed by atoms with Crippen LogP contribution in [0.2, 0.25) is 0 Å². The largest absolute Gasteiger partial charge is 0.287 e. The second kappa shape index (κ2) is 25.2. The van der Waals surface area contributed by atoms with Gasteiger partial charge in [-0.3, -0.25) is 9.98 Å². The molecule has 1 fully saturated rings. The van der Waals surface area contributed by atoms with Crippen molar-refractivity contribution in [3.8, 4) is 12.1 Å². The van der Waals surface area contributed by atoms with Crippen molar-refractivity contribution in [2.75, 3.05) is 0 Å². The summed E-state index contributed by atoms with van der Waals surface area (Å²) in [5.74, 6) is 0. The molecule has 4 nitrogen and oxygen atoms in total. The predicted molar refractivity (Wildman–Crippen MR) is 244 cm³/mol. The van der Waals surface area contributed by atoms with E-state index in [1.165, 1.54) is 69.6 Å². The zero-order chi connectivity index (χ0) is 37.8. The van der Waals surface area contributed by atoms with Crippen molar-refractivity contribution < 1.29 is 17.1 Å². The molecule has 1 aliphatic carbocycles. The molecule has 7 heteroatoms. The number of nitrogens with zero attached hydrogens (tertiary/aromatic N) is 4. The van der Waals surface area contributed by atoms with E-state index >= 15 is 0 Å². The Morgan fingerprint density at radius 3 is 1.00 bits per heavy atom.